The second-order valence-electron chi connectivity index (χ2n) is 6.17. The summed E-state index contributed by atoms with van der Waals surface area (Å²) >= 11 is 0. The SMILES string of the molecule is Cc1cc([C@H](C)NS(=O)C(C)(C)C)ccc1NS(C)(=O)=O. The van der Waals surface area contributed by atoms with Crippen molar-refractivity contribution in [1.82, 2.24) is 4.72 Å². The zero-order valence-corrected chi connectivity index (χ0v) is 15.0. The average molecular weight is 332 g/mol. The maximum absolute atomic E-state index is 12.1. The molecule has 0 aromatic heterocycles. The second kappa shape index (κ2) is 6.46. The van der Waals surface area contributed by atoms with Gasteiger partial charge in [0.25, 0.3) is 0 Å². The average Bonchev–Trinajstić information content (AvgIpc) is 2.28. The molecule has 1 aromatic rings. The van der Waals surface area contributed by atoms with E-state index in [1.165, 1.54) is 0 Å². The van der Waals surface area contributed by atoms with E-state index >= 15 is 0 Å². The van der Waals surface area contributed by atoms with E-state index in [1.54, 1.807) is 6.07 Å². The fourth-order valence-electron chi connectivity index (χ4n) is 1.68. The minimum Gasteiger partial charge on any atom is -0.284 e. The van der Waals surface area contributed by atoms with Crippen molar-refractivity contribution in [3.05, 3.63) is 29.3 Å². The van der Waals surface area contributed by atoms with Crippen LogP contribution in [0.3, 0.4) is 0 Å². The minimum absolute atomic E-state index is 0.0870. The molecule has 1 rings (SSSR count). The van der Waals surface area contributed by atoms with Gasteiger partial charge in [0.05, 0.1) is 27.7 Å². The van der Waals surface area contributed by atoms with E-state index in [9.17, 15) is 12.6 Å². The first-order valence-corrected chi connectivity index (χ1v) is 9.70. The normalized spacial score (nSPS) is 15.5. The van der Waals surface area contributed by atoms with Crippen LogP contribution in [0.15, 0.2) is 18.2 Å². The highest BCUT2D eigenvalue weighted by molar-refractivity contribution is 7.92. The molecule has 7 heteroatoms. The summed E-state index contributed by atoms with van der Waals surface area (Å²) in [5.41, 5.74) is 2.35. The molecular formula is C14H24N2O3S2. The van der Waals surface area contributed by atoms with Crippen LogP contribution in [0.2, 0.25) is 0 Å². The van der Waals surface area contributed by atoms with Crippen LogP contribution in [-0.2, 0) is 21.0 Å². The number of hydrogen-bond donors (Lipinski definition) is 2. The molecule has 0 aliphatic rings. The monoisotopic (exact) mass is 332 g/mol. The molecule has 0 amide bonds. The molecule has 0 bridgehead atoms. The summed E-state index contributed by atoms with van der Waals surface area (Å²) in [4.78, 5) is 0. The molecule has 21 heavy (non-hydrogen) atoms. The third-order valence-electron chi connectivity index (χ3n) is 2.89. The van der Waals surface area contributed by atoms with Crippen LogP contribution in [0.25, 0.3) is 0 Å². The zero-order valence-electron chi connectivity index (χ0n) is 13.4. The number of nitrogens with one attached hydrogen (secondary N) is 2. The maximum atomic E-state index is 12.1. The second-order valence-corrected chi connectivity index (χ2v) is 9.92. The summed E-state index contributed by atoms with van der Waals surface area (Å²) in [5, 5.41) is 0. The van der Waals surface area contributed by atoms with E-state index in [0.29, 0.717) is 5.69 Å². The Morgan fingerprint density at radius 2 is 1.81 bits per heavy atom. The topological polar surface area (TPSA) is 75.3 Å². The highest BCUT2D eigenvalue weighted by Gasteiger charge is 2.21. The minimum atomic E-state index is -3.29. The molecule has 0 spiro atoms. The Morgan fingerprint density at radius 1 is 1.24 bits per heavy atom. The van der Waals surface area contributed by atoms with E-state index in [2.05, 4.69) is 9.44 Å². The number of hydrogen-bond acceptors (Lipinski definition) is 3. The lowest BCUT2D eigenvalue weighted by Crippen LogP contribution is -2.34. The molecule has 1 aromatic carbocycles. The van der Waals surface area contributed by atoms with Crippen molar-refractivity contribution in [2.45, 2.75) is 45.4 Å². The van der Waals surface area contributed by atoms with E-state index in [-0.39, 0.29) is 10.8 Å². The molecule has 120 valence electrons. The van der Waals surface area contributed by atoms with Crippen molar-refractivity contribution < 1.29 is 12.6 Å². The van der Waals surface area contributed by atoms with E-state index in [4.69, 9.17) is 0 Å². The van der Waals surface area contributed by atoms with Crippen molar-refractivity contribution in [2.24, 2.45) is 0 Å². The van der Waals surface area contributed by atoms with Gasteiger partial charge in [0.1, 0.15) is 0 Å². The van der Waals surface area contributed by atoms with Crippen LogP contribution < -0.4 is 9.44 Å². The highest BCUT2D eigenvalue weighted by atomic mass is 32.2. The van der Waals surface area contributed by atoms with E-state index < -0.39 is 21.0 Å². The molecule has 2 atom stereocenters. The van der Waals surface area contributed by atoms with Gasteiger partial charge in [-0.1, -0.05) is 12.1 Å². The third-order valence-corrected chi connectivity index (χ3v) is 5.16. The van der Waals surface area contributed by atoms with Gasteiger partial charge in [0.2, 0.25) is 10.0 Å². The first kappa shape index (κ1) is 18.1. The van der Waals surface area contributed by atoms with Gasteiger partial charge in [-0.3, -0.25) is 4.72 Å². The molecular weight excluding hydrogens is 308 g/mol. The van der Waals surface area contributed by atoms with Crippen molar-refractivity contribution in [3.63, 3.8) is 0 Å². The van der Waals surface area contributed by atoms with Gasteiger partial charge in [-0.15, -0.1) is 0 Å². The predicted molar refractivity (Wildman–Crippen MR) is 89.1 cm³/mol. The Hall–Kier alpha value is -0.920. The Balaban J connectivity index is 2.91. The fourth-order valence-corrected chi connectivity index (χ4v) is 3.12. The van der Waals surface area contributed by atoms with Gasteiger partial charge < -0.3 is 0 Å². The first-order valence-electron chi connectivity index (χ1n) is 6.66. The van der Waals surface area contributed by atoms with Crippen molar-refractivity contribution in [1.29, 1.82) is 0 Å². The molecule has 0 heterocycles. The molecule has 2 N–H and O–H groups in total. The molecule has 5 nitrogen and oxygen atoms in total. The molecule has 0 radical (unpaired) electrons. The summed E-state index contributed by atoms with van der Waals surface area (Å²) in [6.07, 6.45) is 1.12. The van der Waals surface area contributed by atoms with Gasteiger partial charge >= 0.3 is 0 Å². The fraction of sp³-hybridized carbons (Fsp3) is 0.571. The van der Waals surface area contributed by atoms with Crippen LogP contribution in [0.5, 0.6) is 0 Å². The largest absolute Gasteiger partial charge is 0.284 e. The van der Waals surface area contributed by atoms with Crippen LogP contribution >= 0.6 is 0 Å². The van der Waals surface area contributed by atoms with Gasteiger partial charge in [-0.05, 0) is 51.8 Å². The maximum Gasteiger partial charge on any atom is 0.229 e. The number of aryl methyl sites for hydroxylation is 1. The lowest BCUT2D eigenvalue weighted by atomic mass is 10.1. The summed E-state index contributed by atoms with van der Waals surface area (Å²) in [6.45, 7) is 9.50. The molecule has 0 saturated heterocycles. The van der Waals surface area contributed by atoms with Crippen LogP contribution in [-0.4, -0.2) is 23.6 Å². The number of sulfonamides is 1. The van der Waals surface area contributed by atoms with Gasteiger partial charge in [-0.2, -0.15) is 0 Å². The van der Waals surface area contributed by atoms with Crippen LogP contribution in [0, 0.1) is 6.92 Å². The van der Waals surface area contributed by atoms with Gasteiger partial charge in [-0.25, -0.2) is 17.3 Å². The van der Waals surface area contributed by atoms with E-state index in [1.807, 2.05) is 46.8 Å². The Labute approximate surface area is 130 Å². The molecule has 0 aliphatic carbocycles. The molecule has 0 aliphatic heterocycles. The third kappa shape index (κ3) is 5.76. The van der Waals surface area contributed by atoms with Crippen molar-refractivity contribution in [3.8, 4) is 0 Å². The summed E-state index contributed by atoms with van der Waals surface area (Å²) in [6, 6.07) is 5.36. The van der Waals surface area contributed by atoms with Crippen LogP contribution in [0.4, 0.5) is 5.69 Å². The summed E-state index contributed by atoms with van der Waals surface area (Å²) in [5.74, 6) is 0. The van der Waals surface area contributed by atoms with Crippen molar-refractivity contribution in [2.75, 3.05) is 11.0 Å². The number of rotatable bonds is 5. The highest BCUT2D eigenvalue weighted by Crippen LogP contribution is 2.23. The Morgan fingerprint density at radius 3 is 2.24 bits per heavy atom. The lowest BCUT2D eigenvalue weighted by molar-refractivity contribution is 0.606. The van der Waals surface area contributed by atoms with Gasteiger partial charge in [0, 0.05) is 6.04 Å². The standard InChI is InChI=1S/C14H24N2O3S2/c1-10-9-12(7-8-13(10)16-21(6,18)19)11(2)15-20(17)14(3,4)5/h7-9,11,15-16H,1-6H3/t11-,20?/m0/s1. The molecule has 0 fully saturated rings. The van der Waals surface area contributed by atoms with E-state index in [0.717, 1.165) is 17.4 Å². The summed E-state index contributed by atoms with van der Waals surface area (Å²) < 4.78 is 39.8. The van der Waals surface area contributed by atoms with Gasteiger partial charge in [0.15, 0.2) is 0 Å². The number of anilines is 1. The smallest absolute Gasteiger partial charge is 0.229 e. The lowest BCUT2D eigenvalue weighted by Gasteiger charge is -2.22. The molecule has 1 unspecified atom stereocenters. The van der Waals surface area contributed by atoms with Crippen LogP contribution in [0.1, 0.15) is 44.9 Å². The summed E-state index contributed by atoms with van der Waals surface area (Å²) in [7, 11) is -4.44. The van der Waals surface area contributed by atoms with Crippen molar-refractivity contribution >= 4 is 26.7 Å². The Bertz CT molecular complexity index is 634. The zero-order chi connectivity index (χ0) is 16.4. The Kier molecular flexibility index (Phi) is 5.57. The molecule has 0 saturated carbocycles. The predicted octanol–water partition coefficient (Wildman–Crippen LogP) is 2.48. The number of benzene rings is 1. The quantitative estimate of drug-likeness (QED) is 0.870. The first-order chi connectivity index (χ1) is 9.40.